The van der Waals surface area contributed by atoms with Gasteiger partial charge in [0, 0.05) is 13.0 Å². The van der Waals surface area contributed by atoms with Crippen molar-refractivity contribution in [3.05, 3.63) is 23.8 Å². The third kappa shape index (κ3) is 3.58. The number of hydrogen-bond acceptors (Lipinski definition) is 4. The van der Waals surface area contributed by atoms with E-state index in [-0.39, 0.29) is 23.7 Å². The molecule has 5 rings (SSSR count). The minimum atomic E-state index is -0.655. The molecule has 4 aliphatic rings. The lowest BCUT2D eigenvalue weighted by Crippen LogP contribution is -2.56. The van der Waals surface area contributed by atoms with E-state index >= 15 is 0 Å². The van der Waals surface area contributed by atoms with Crippen LogP contribution in [0.2, 0.25) is 0 Å². The molecule has 0 amide bonds. The zero-order valence-corrected chi connectivity index (χ0v) is 20.4. The Morgan fingerprint density at radius 1 is 1.18 bits per heavy atom. The van der Waals surface area contributed by atoms with Gasteiger partial charge in [0.05, 0.1) is 18.4 Å². The van der Waals surface area contributed by atoms with Crippen LogP contribution in [-0.2, 0) is 16.1 Å². The van der Waals surface area contributed by atoms with Crippen LogP contribution in [-0.4, -0.2) is 39.8 Å². The van der Waals surface area contributed by atoms with Gasteiger partial charge in [-0.15, -0.1) is 6.57 Å². The largest absolute Gasteiger partial charge is 0.397 e. The Kier molecular flexibility index (Phi) is 5.73. The van der Waals surface area contributed by atoms with Gasteiger partial charge < -0.3 is 14.7 Å². The molecule has 1 aromatic heterocycles. The summed E-state index contributed by atoms with van der Waals surface area (Å²) in [5, 5.41) is 11.1. The molecule has 0 spiro atoms. The second-order valence-corrected chi connectivity index (χ2v) is 12.1. The van der Waals surface area contributed by atoms with E-state index in [0.29, 0.717) is 41.6 Å². The van der Waals surface area contributed by atoms with Crippen LogP contribution >= 0.6 is 0 Å². The highest BCUT2D eigenvalue weighted by molar-refractivity contribution is 5.82. The molecule has 0 aliphatic heterocycles. The third-order valence-corrected chi connectivity index (χ3v) is 10.7. The lowest BCUT2D eigenvalue weighted by molar-refractivity contribution is -0.164. The molecule has 4 fully saturated rings. The maximum atomic E-state index is 13.4. The molecule has 0 aromatic carbocycles. The Labute approximate surface area is 197 Å². The van der Waals surface area contributed by atoms with Crippen molar-refractivity contribution in [2.45, 2.75) is 83.8 Å². The van der Waals surface area contributed by atoms with E-state index in [2.05, 4.69) is 23.7 Å². The zero-order valence-electron chi connectivity index (χ0n) is 20.4. The van der Waals surface area contributed by atoms with E-state index in [1.165, 1.54) is 19.3 Å². The van der Waals surface area contributed by atoms with Crippen molar-refractivity contribution >= 4 is 11.7 Å². The Morgan fingerprint density at radius 2 is 1.97 bits per heavy atom. The Balaban J connectivity index is 1.33. The second kappa shape index (κ2) is 8.20. The van der Waals surface area contributed by atoms with Crippen LogP contribution in [0.3, 0.4) is 0 Å². The van der Waals surface area contributed by atoms with Gasteiger partial charge in [0.25, 0.3) is 0 Å². The summed E-state index contributed by atoms with van der Waals surface area (Å²) in [7, 11) is 1.69. The number of aliphatic hydroxyl groups is 1. The van der Waals surface area contributed by atoms with Crippen molar-refractivity contribution in [1.82, 2.24) is 9.55 Å². The standard InChI is InChI=1S/C27H39N3O3/c1-25-11-12-27(32,17-33-4)15-18(25)5-6-19-20-7-8-22(26(20,2)10-9-21(19)25)23(31)16-30-14-13-29-24(30)28-3/h13-14,18-22,32H,5-12,15-17H2,1-2,4H3/t18-,19-,20-,21-,22+,25-,26-,27+/m0/s1. The van der Waals surface area contributed by atoms with Gasteiger partial charge >= 0.3 is 5.95 Å². The summed E-state index contributed by atoms with van der Waals surface area (Å²) in [5.74, 6) is 3.27. The molecule has 4 aliphatic carbocycles. The lowest BCUT2D eigenvalue weighted by Gasteiger charge is -2.62. The molecule has 0 bridgehead atoms. The summed E-state index contributed by atoms with van der Waals surface area (Å²) >= 11 is 0. The molecule has 0 saturated heterocycles. The topological polar surface area (TPSA) is 68.7 Å². The molecule has 180 valence electrons. The molecule has 1 heterocycles. The number of imidazole rings is 1. The number of ketones is 1. The first-order valence-corrected chi connectivity index (χ1v) is 12.9. The maximum Gasteiger partial charge on any atom is 0.338 e. The van der Waals surface area contributed by atoms with Crippen LogP contribution in [0.15, 0.2) is 12.4 Å². The molecule has 33 heavy (non-hydrogen) atoms. The van der Waals surface area contributed by atoms with Gasteiger partial charge in [0.2, 0.25) is 0 Å². The quantitative estimate of drug-likeness (QED) is 0.634. The van der Waals surface area contributed by atoms with E-state index in [1.54, 1.807) is 24.1 Å². The fourth-order valence-electron chi connectivity index (χ4n) is 9.07. The molecule has 6 nitrogen and oxygen atoms in total. The Hall–Kier alpha value is -1.71. The van der Waals surface area contributed by atoms with Crippen molar-refractivity contribution in [3.8, 4) is 0 Å². The lowest BCUT2D eigenvalue weighted by atomic mass is 9.44. The van der Waals surface area contributed by atoms with Crippen molar-refractivity contribution in [2.24, 2.45) is 40.4 Å². The predicted molar refractivity (Wildman–Crippen MR) is 126 cm³/mol. The molecular weight excluding hydrogens is 414 g/mol. The van der Waals surface area contributed by atoms with E-state index in [0.717, 1.165) is 38.5 Å². The van der Waals surface area contributed by atoms with Gasteiger partial charge in [-0.1, -0.05) is 13.8 Å². The van der Waals surface area contributed by atoms with Gasteiger partial charge in [-0.2, -0.15) is 4.98 Å². The van der Waals surface area contributed by atoms with Crippen molar-refractivity contribution in [2.75, 3.05) is 13.7 Å². The fraction of sp³-hybridized carbons (Fsp3) is 0.815. The summed E-state index contributed by atoms with van der Waals surface area (Å²) in [5.41, 5.74) is -0.281. The SMILES string of the molecule is [C-]#[N+]c1nccn1CC(=O)[C@H]1CC[C@H]2[C@@H]3CC[C@H]4C[C@@](O)(COC)CC[C@]4(C)[C@H]3CC[C@]12C. The average Bonchev–Trinajstić information content (AvgIpc) is 3.37. The molecular formula is C27H39N3O3. The number of aromatic nitrogens is 2. The Bertz CT molecular complexity index is 953. The van der Waals surface area contributed by atoms with Crippen LogP contribution in [0.1, 0.15) is 71.6 Å². The van der Waals surface area contributed by atoms with Crippen LogP contribution in [0.5, 0.6) is 0 Å². The number of fused-ring (bicyclic) bond motifs is 5. The molecule has 6 heteroatoms. The minimum absolute atomic E-state index is 0.0752. The summed E-state index contributed by atoms with van der Waals surface area (Å²) in [6.45, 7) is 12.9. The van der Waals surface area contributed by atoms with Gasteiger partial charge in [0.15, 0.2) is 5.78 Å². The van der Waals surface area contributed by atoms with Crippen LogP contribution in [0.4, 0.5) is 5.95 Å². The van der Waals surface area contributed by atoms with E-state index in [9.17, 15) is 9.90 Å². The summed E-state index contributed by atoms with van der Waals surface area (Å²) in [4.78, 5) is 21.0. The minimum Gasteiger partial charge on any atom is -0.397 e. The number of nitrogens with zero attached hydrogens (tertiary/aromatic N) is 3. The average molecular weight is 454 g/mol. The number of methoxy groups -OCH3 is 1. The maximum absolute atomic E-state index is 13.4. The predicted octanol–water partition coefficient (Wildman–Crippen LogP) is 5.04. The zero-order chi connectivity index (χ0) is 23.4. The van der Waals surface area contributed by atoms with E-state index in [1.807, 2.05) is 0 Å². The molecule has 1 N–H and O–H groups in total. The van der Waals surface area contributed by atoms with Crippen molar-refractivity contribution < 1.29 is 14.6 Å². The normalized spacial score (nSPS) is 44.4. The van der Waals surface area contributed by atoms with E-state index in [4.69, 9.17) is 11.3 Å². The first-order valence-electron chi connectivity index (χ1n) is 12.9. The molecule has 0 unspecified atom stereocenters. The highest BCUT2D eigenvalue weighted by atomic mass is 16.5. The van der Waals surface area contributed by atoms with Crippen LogP contribution in [0, 0.1) is 47.0 Å². The van der Waals surface area contributed by atoms with Gasteiger partial charge in [-0.05, 0) is 92.3 Å². The number of ether oxygens (including phenoxy) is 1. The van der Waals surface area contributed by atoms with Crippen LogP contribution in [0.25, 0.3) is 4.85 Å². The fourth-order valence-corrected chi connectivity index (χ4v) is 9.07. The van der Waals surface area contributed by atoms with Crippen molar-refractivity contribution in [1.29, 1.82) is 0 Å². The van der Waals surface area contributed by atoms with Gasteiger partial charge in [-0.25, -0.2) is 0 Å². The number of hydrogen-bond donors (Lipinski definition) is 1. The molecule has 0 radical (unpaired) electrons. The number of rotatable bonds is 5. The molecule has 8 atom stereocenters. The molecule has 4 saturated carbocycles. The summed E-state index contributed by atoms with van der Waals surface area (Å²) in [6.07, 6.45) is 13.1. The van der Waals surface area contributed by atoms with Crippen molar-refractivity contribution in [3.63, 3.8) is 0 Å². The number of carbonyl (C=O) groups is 1. The Morgan fingerprint density at radius 3 is 2.73 bits per heavy atom. The first kappa shape index (κ1) is 23.1. The number of carbonyl (C=O) groups excluding carboxylic acids is 1. The van der Waals surface area contributed by atoms with Crippen LogP contribution < -0.4 is 0 Å². The highest BCUT2D eigenvalue weighted by Crippen LogP contribution is 2.68. The highest BCUT2D eigenvalue weighted by Gasteiger charge is 2.62. The number of Topliss-reactive ketones (excluding diaryl/α,β-unsaturated/α-hetero) is 1. The summed E-state index contributed by atoms with van der Waals surface area (Å²) in [6, 6.07) is 0. The third-order valence-electron chi connectivity index (χ3n) is 10.7. The first-order chi connectivity index (χ1) is 15.7. The summed E-state index contributed by atoms with van der Waals surface area (Å²) < 4.78 is 7.07. The van der Waals surface area contributed by atoms with E-state index < -0.39 is 5.60 Å². The van der Waals surface area contributed by atoms with Gasteiger partial charge in [-0.3, -0.25) is 9.36 Å². The van der Waals surface area contributed by atoms with Gasteiger partial charge in [0.1, 0.15) is 12.7 Å². The second-order valence-electron chi connectivity index (χ2n) is 12.1. The molecule has 1 aromatic rings. The monoisotopic (exact) mass is 453 g/mol. The smallest absolute Gasteiger partial charge is 0.338 e.